The van der Waals surface area contributed by atoms with Crippen LogP contribution in [0.5, 0.6) is 0 Å². The van der Waals surface area contributed by atoms with Gasteiger partial charge in [0.05, 0.1) is 19.3 Å². The van der Waals surface area contributed by atoms with Crippen LogP contribution in [0.1, 0.15) is 36.7 Å². The minimum Gasteiger partial charge on any atom is -0.468 e. The van der Waals surface area contributed by atoms with Gasteiger partial charge in [-0.25, -0.2) is 0 Å². The maximum absolute atomic E-state index is 11.8. The molecule has 0 saturated heterocycles. The smallest absolute Gasteiger partial charge is 0.324 e. The molecule has 19 heavy (non-hydrogen) atoms. The summed E-state index contributed by atoms with van der Waals surface area (Å²) in [4.78, 5) is 11.8. The highest BCUT2D eigenvalue weighted by atomic mass is 16.5. The van der Waals surface area contributed by atoms with Gasteiger partial charge >= 0.3 is 5.97 Å². The van der Waals surface area contributed by atoms with Crippen LogP contribution in [-0.4, -0.2) is 34.9 Å². The fourth-order valence-corrected chi connectivity index (χ4v) is 2.47. The highest BCUT2D eigenvalue weighted by Crippen LogP contribution is 2.20. The van der Waals surface area contributed by atoms with Crippen LogP contribution in [0.3, 0.4) is 0 Å². The van der Waals surface area contributed by atoms with Gasteiger partial charge in [0, 0.05) is 11.7 Å². The molecule has 1 saturated carbocycles. The van der Waals surface area contributed by atoms with E-state index in [1.165, 1.54) is 12.7 Å². The molecular formula is C14H23N3O2. The second-order valence-electron chi connectivity index (χ2n) is 5.20. The third-order valence-electron chi connectivity index (χ3n) is 3.74. The van der Waals surface area contributed by atoms with Crippen molar-refractivity contribution in [3.05, 3.63) is 17.0 Å². The normalized spacial score (nSPS) is 16.4. The van der Waals surface area contributed by atoms with Crippen molar-refractivity contribution in [3.63, 3.8) is 0 Å². The third-order valence-corrected chi connectivity index (χ3v) is 3.74. The van der Waals surface area contributed by atoms with Crippen LogP contribution in [0.25, 0.3) is 0 Å². The van der Waals surface area contributed by atoms with Gasteiger partial charge in [0.2, 0.25) is 0 Å². The van der Waals surface area contributed by atoms with Crippen LogP contribution in [0, 0.1) is 13.8 Å². The Balaban J connectivity index is 2.13. The molecule has 1 unspecified atom stereocenters. The molecular weight excluding hydrogens is 242 g/mol. The molecule has 106 valence electrons. The summed E-state index contributed by atoms with van der Waals surface area (Å²) in [6, 6.07) is 0.159. The van der Waals surface area contributed by atoms with Gasteiger partial charge in [-0.05, 0) is 38.7 Å². The number of aryl methyl sites for hydroxylation is 1. The second kappa shape index (κ2) is 5.74. The SMILES string of the molecule is CCc1c(C)nn(CC(NC2CC2)C(=O)OC)c1C. The number of esters is 1. The van der Waals surface area contributed by atoms with Crippen LogP contribution in [0.15, 0.2) is 0 Å². The first-order chi connectivity index (χ1) is 9.06. The van der Waals surface area contributed by atoms with Gasteiger partial charge < -0.3 is 10.1 Å². The predicted octanol–water partition coefficient (Wildman–Crippen LogP) is 1.36. The average molecular weight is 265 g/mol. The summed E-state index contributed by atoms with van der Waals surface area (Å²) >= 11 is 0. The molecule has 0 spiro atoms. The highest BCUT2D eigenvalue weighted by molar-refractivity contribution is 5.75. The van der Waals surface area contributed by atoms with Gasteiger partial charge in [-0.2, -0.15) is 5.10 Å². The van der Waals surface area contributed by atoms with Gasteiger partial charge in [-0.15, -0.1) is 0 Å². The highest BCUT2D eigenvalue weighted by Gasteiger charge is 2.30. The zero-order valence-corrected chi connectivity index (χ0v) is 12.2. The Morgan fingerprint density at radius 2 is 2.21 bits per heavy atom. The Morgan fingerprint density at radius 3 is 2.68 bits per heavy atom. The summed E-state index contributed by atoms with van der Waals surface area (Å²) in [6.07, 6.45) is 3.26. The van der Waals surface area contributed by atoms with Crippen molar-refractivity contribution in [3.8, 4) is 0 Å². The fraction of sp³-hybridized carbons (Fsp3) is 0.714. The lowest BCUT2D eigenvalue weighted by molar-refractivity contribution is -0.143. The monoisotopic (exact) mass is 265 g/mol. The Kier molecular flexibility index (Phi) is 4.24. The van der Waals surface area contributed by atoms with E-state index in [1.54, 1.807) is 0 Å². The molecule has 5 heteroatoms. The van der Waals surface area contributed by atoms with Crippen LogP contribution >= 0.6 is 0 Å². The zero-order chi connectivity index (χ0) is 14.0. The number of aromatic nitrogens is 2. The van der Waals surface area contributed by atoms with Crippen LogP contribution in [0.2, 0.25) is 0 Å². The first-order valence-electron chi connectivity index (χ1n) is 6.93. The molecule has 5 nitrogen and oxygen atoms in total. The van der Waals surface area contributed by atoms with Crippen molar-refractivity contribution in [1.82, 2.24) is 15.1 Å². The Morgan fingerprint density at radius 1 is 1.53 bits per heavy atom. The minimum absolute atomic E-state index is 0.211. The number of nitrogens with zero attached hydrogens (tertiary/aromatic N) is 2. The lowest BCUT2D eigenvalue weighted by atomic mass is 10.1. The number of hydrogen-bond acceptors (Lipinski definition) is 4. The van der Waals surface area contributed by atoms with Crippen LogP contribution in [-0.2, 0) is 22.5 Å². The van der Waals surface area contributed by atoms with E-state index in [0.29, 0.717) is 12.6 Å². The number of ether oxygens (including phenoxy) is 1. The third kappa shape index (κ3) is 3.15. The zero-order valence-electron chi connectivity index (χ0n) is 12.2. The number of rotatable bonds is 6. The summed E-state index contributed by atoms with van der Waals surface area (Å²) in [5, 5.41) is 7.86. The van der Waals surface area contributed by atoms with E-state index in [-0.39, 0.29) is 12.0 Å². The Labute approximate surface area is 114 Å². The van der Waals surface area contributed by atoms with E-state index in [4.69, 9.17) is 4.74 Å². The van der Waals surface area contributed by atoms with E-state index in [9.17, 15) is 4.79 Å². The van der Waals surface area contributed by atoms with Gasteiger partial charge in [0.25, 0.3) is 0 Å². The maximum Gasteiger partial charge on any atom is 0.324 e. The summed E-state index contributed by atoms with van der Waals surface area (Å²) in [6.45, 7) is 6.74. The molecule has 1 aromatic rings. The molecule has 1 N–H and O–H groups in total. The quantitative estimate of drug-likeness (QED) is 0.789. The van der Waals surface area contributed by atoms with E-state index in [1.807, 2.05) is 11.6 Å². The molecule has 0 amide bonds. The van der Waals surface area contributed by atoms with E-state index >= 15 is 0 Å². The lowest BCUT2D eigenvalue weighted by Gasteiger charge is -2.17. The number of nitrogens with one attached hydrogen (secondary N) is 1. The molecule has 0 bridgehead atoms. The summed E-state index contributed by atoms with van der Waals surface area (Å²) in [5.74, 6) is -0.211. The van der Waals surface area contributed by atoms with Crippen molar-refractivity contribution >= 4 is 5.97 Å². The average Bonchev–Trinajstić information content (AvgIpc) is 3.16. The van der Waals surface area contributed by atoms with Gasteiger partial charge in [0.15, 0.2) is 0 Å². The summed E-state index contributed by atoms with van der Waals surface area (Å²) in [7, 11) is 1.43. The summed E-state index contributed by atoms with van der Waals surface area (Å²) in [5.41, 5.74) is 3.47. The first kappa shape index (κ1) is 14.1. The van der Waals surface area contributed by atoms with E-state index < -0.39 is 0 Å². The molecule has 1 aliphatic rings. The van der Waals surface area contributed by atoms with Gasteiger partial charge in [-0.1, -0.05) is 6.92 Å². The molecule has 2 rings (SSSR count). The second-order valence-corrected chi connectivity index (χ2v) is 5.20. The topological polar surface area (TPSA) is 56.2 Å². The van der Waals surface area contributed by atoms with Crippen molar-refractivity contribution in [2.24, 2.45) is 0 Å². The molecule has 0 aromatic carbocycles. The first-order valence-corrected chi connectivity index (χ1v) is 6.93. The molecule has 1 atom stereocenters. The van der Waals surface area contributed by atoms with E-state index in [0.717, 1.165) is 30.7 Å². The standard InChI is InChI=1S/C14H23N3O2/c1-5-12-9(2)16-17(10(12)3)8-13(14(18)19-4)15-11-6-7-11/h11,13,15H,5-8H2,1-4H3. The van der Waals surface area contributed by atoms with Crippen molar-refractivity contribution in [2.45, 2.75) is 58.7 Å². The molecule has 1 fully saturated rings. The molecule has 0 radical (unpaired) electrons. The minimum atomic E-state index is -0.305. The number of carbonyl (C=O) groups excluding carboxylic acids is 1. The molecule has 0 aliphatic heterocycles. The van der Waals surface area contributed by atoms with E-state index in [2.05, 4.69) is 24.3 Å². The van der Waals surface area contributed by atoms with Crippen molar-refractivity contribution in [2.75, 3.05) is 7.11 Å². The van der Waals surface area contributed by atoms with Gasteiger partial charge in [-0.3, -0.25) is 9.48 Å². The molecule has 1 aromatic heterocycles. The fourth-order valence-electron chi connectivity index (χ4n) is 2.47. The predicted molar refractivity (Wildman–Crippen MR) is 73.0 cm³/mol. The largest absolute Gasteiger partial charge is 0.468 e. The lowest BCUT2D eigenvalue weighted by Crippen LogP contribution is -2.42. The van der Waals surface area contributed by atoms with Crippen LogP contribution < -0.4 is 5.32 Å². The summed E-state index contributed by atoms with van der Waals surface area (Å²) < 4.78 is 6.80. The Bertz CT molecular complexity index is 464. The van der Waals surface area contributed by atoms with Crippen LogP contribution in [0.4, 0.5) is 0 Å². The van der Waals surface area contributed by atoms with Crippen molar-refractivity contribution in [1.29, 1.82) is 0 Å². The number of carbonyl (C=O) groups is 1. The number of hydrogen-bond donors (Lipinski definition) is 1. The molecule has 1 aliphatic carbocycles. The molecule has 1 heterocycles. The van der Waals surface area contributed by atoms with Gasteiger partial charge in [0.1, 0.15) is 6.04 Å². The maximum atomic E-state index is 11.8. The number of methoxy groups -OCH3 is 1. The van der Waals surface area contributed by atoms with Crippen molar-refractivity contribution < 1.29 is 9.53 Å². The Hall–Kier alpha value is -1.36.